The minimum absolute atomic E-state index is 0.00875. The summed E-state index contributed by atoms with van der Waals surface area (Å²) in [5.74, 6) is 0.356. The van der Waals surface area contributed by atoms with Gasteiger partial charge in [0.1, 0.15) is 11.6 Å². The van der Waals surface area contributed by atoms with Crippen molar-refractivity contribution in [2.75, 3.05) is 0 Å². The van der Waals surface area contributed by atoms with Gasteiger partial charge in [-0.1, -0.05) is 17.7 Å². The molecule has 0 saturated carbocycles. The van der Waals surface area contributed by atoms with E-state index in [1.165, 1.54) is 18.2 Å². The van der Waals surface area contributed by atoms with Crippen LogP contribution in [0.3, 0.4) is 0 Å². The Hall–Kier alpha value is -1.65. The first-order valence-corrected chi connectivity index (χ1v) is 5.77. The van der Waals surface area contributed by atoms with E-state index in [-0.39, 0.29) is 5.02 Å². The van der Waals surface area contributed by atoms with Crippen LogP contribution in [0.4, 0.5) is 4.39 Å². The van der Waals surface area contributed by atoms with Gasteiger partial charge in [0.15, 0.2) is 0 Å². The van der Waals surface area contributed by atoms with Crippen LogP contribution in [0, 0.1) is 12.7 Å². The number of benzene rings is 1. The first-order valence-electron chi connectivity index (χ1n) is 5.39. The SMILES string of the molecule is Cc1ccc(CN)c(Oc2ccc(F)c(Cl)c2)n1. The molecule has 0 spiro atoms. The van der Waals surface area contributed by atoms with E-state index in [9.17, 15) is 4.39 Å². The lowest BCUT2D eigenvalue weighted by Gasteiger charge is -2.10. The number of aromatic nitrogens is 1. The Morgan fingerprint density at radius 2 is 2.11 bits per heavy atom. The molecule has 0 saturated heterocycles. The summed E-state index contributed by atoms with van der Waals surface area (Å²) in [5.41, 5.74) is 7.20. The minimum Gasteiger partial charge on any atom is -0.439 e. The fraction of sp³-hybridized carbons (Fsp3) is 0.154. The van der Waals surface area contributed by atoms with Crippen LogP contribution in [-0.2, 0) is 6.54 Å². The molecule has 1 heterocycles. The molecule has 1 aromatic carbocycles. The van der Waals surface area contributed by atoms with Gasteiger partial charge in [0.25, 0.3) is 0 Å². The predicted octanol–water partition coefficient (Wildman–Crippen LogP) is 3.43. The number of nitrogens with two attached hydrogens (primary N) is 1. The van der Waals surface area contributed by atoms with Crippen molar-refractivity contribution in [1.29, 1.82) is 0 Å². The number of hydrogen-bond acceptors (Lipinski definition) is 3. The van der Waals surface area contributed by atoms with Gasteiger partial charge in [-0.05, 0) is 25.1 Å². The van der Waals surface area contributed by atoms with E-state index in [0.29, 0.717) is 18.2 Å². The molecule has 0 aliphatic rings. The van der Waals surface area contributed by atoms with Crippen molar-refractivity contribution >= 4 is 11.6 Å². The second-order valence-corrected chi connectivity index (χ2v) is 4.21. The molecule has 1 aromatic heterocycles. The van der Waals surface area contributed by atoms with E-state index >= 15 is 0 Å². The molecular weight excluding hydrogens is 255 g/mol. The van der Waals surface area contributed by atoms with Crippen LogP contribution in [0.2, 0.25) is 5.02 Å². The average molecular weight is 267 g/mol. The van der Waals surface area contributed by atoms with Gasteiger partial charge >= 0.3 is 0 Å². The lowest BCUT2D eigenvalue weighted by Crippen LogP contribution is -2.02. The Labute approximate surface area is 109 Å². The van der Waals surface area contributed by atoms with Crippen LogP contribution in [-0.4, -0.2) is 4.98 Å². The Bertz CT molecular complexity index is 575. The van der Waals surface area contributed by atoms with Gasteiger partial charge in [-0.3, -0.25) is 0 Å². The van der Waals surface area contributed by atoms with E-state index in [0.717, 1.165) is 11.3 Å². The van der Waals surface area contributed by atoms with Crippen LogP contribution < -0.4 is 10.5 Å². The first-order chi connectivity index (χ1) is 8.60. The Morgan fingerprint density at radius 3 is 2.78 bits per heavy atom. The third-order valence-electron chi connectivity index (χ3n) is 2.40. The van der Waals surface area contributed by atoms with E-state index in [1.807, 2.05) is 19.1 Å². The summed E-state index contributed by atoms with van der Waals surface area (Å²) in [6.45, 7) is 2.17. The second kappa shape index (κ2) is 5.33. The summed E-state index contributed by atoms with van der Waals surface area (Å²) in [6.07, 6.45) is 0. The molecule has 2 aromatic rings. The lowest BCUT2D eigenvalue weighted by molar-refractivity contribution is 0.453. The summed E-state index contributed by atoms with van der Waals surface area (Å²) >= 11 is 5.68. The molecule has 2 N–H and O–H groups in total. The van der Waals surface area contributed by atoms with Gasteiger partial charge in [-0.15, -0.1) is 0 Å². The Kier molecular flexibility index (Phi) is 3.79. The third-order valence-corrected chi connectivity index (χ3v) is 2.69. The fourth-order valence-corrected chi connectivity index (χ4v) is 1.63. The summed E-state index contributed by atoms with van der Waals surface area (Å²) in [7, 11) is 0. The predicted molar refractivity (Wildman–Crippen MR) is 68.3 cm³/mol. The van der Waals surface area contributed by atoms with Crippen LogP contribution >= 0.6 is 11.6 Å². The van der Waals surface area contributed by atoms with Crippen molar-refractivity contribution in [1.82, 2.24) is 4.98 Å². The first kappa shape index (κ1) is 12.8. The van der Waals surface area contributed by atoms with Gasteiger partial charge in [0, 0.05) is 23.9 Å². The molecule has 0 atom stereocenters. The Balaban J connectivity index is 2.33. The third kappa shape index (κ3) is 2.78. The molecule has 94 valence electrons. The van der Waals surface area contributed by atoms with Gasteiger partial charge < -0.3 is 10.5 Å². The van der Waals surface area contributed by atoms with Gasteiger partial charge in [-0.25, -0.2) is 9.37 Å². The molecular formula is C13H12ClFN2O. The van der Waals surface area contributed by atoms with Gasteiger partial charge in [-0.2, -0.15) is 0 Å². The maximum absolute atomic E-state index is 13.0. The molecule has 0 fully saturated rings. The zero-order chi connectivity index (χ0) is 13.1. The standard InChI is InChI=1S/C13H12ClFN2O/c1-8-2-3-9(7-16)13(17-8)18-10-4-5-12(15)11(14)6-10/h2-6H,7,16H2,1H3. The number of hydrogen-bond donors (Lipinski definition) is 1. The molecule has 0 radical (unpaired) electrons. The van der Waals surface area contributed by atoms with Crippen molar-refractivity contribution in [2.24, 2.45) is 5.73 Å². The molecule has 2 rings (SSSR count). The molecule has 0 aliphatic heterocycles. The number of rotatable bonds is 3. The normalized spacial score (nSPS) is 10.4. The van der Waals surface area contributed by atoms with Crippen molar-refractivity contribution in [3.63, 3.8) is 0 Å². The van der Waals surface area contributed by atoms with Crippen LogP contribution in [0.1, 0.15) is 11.3 Å². The summed E-state index contributed by atoms with van der Waals surface area (Å²) in [4.78, 5) is 4.25. The number of aryl methyl sites for hydroxylation is 1. The van der Waals surface area contributed by atoms with Crippen LogP contribution in [0.5, 0.6) is 11.6 Å². The largest absolute Gasteiger partial charge is 0.439 e. The smallest absolute Gasteiger partial charge is 0.223 e. The second-order valence-electron chi connectivity index (χ2n) is 3.80. The van der Waals surface area contributed by atoms with E-state index in [2.05, 4.69) is 4.98 Å². The quantitative estimate of drug-likeness (QED) is 0.926. The molecule has 5 heteroatoms. The van der Waals surface area contributed by atoms with Gasteiger partial charge in [0.2, 0.25) is 5.88 Å². The monoisotopic (exact) mass is 266 g/mol. The van der Waals surface area contributed by atoms with E-state index < -0.39 is 5.82 Å². The average Bonchev–Trinajstić information content (AvgIpc) is 2.34. The lowest BCUT2D eigenvalue weighted by atomic mass is 10.2. The highest BCUT2D eigenvalue weighted by atomic mass is 35.5. The molecule has 0 unspecified atom stereocenters. The number of halogens is 2. The van der Waals surface area contributed by atoms with Crippen molar-refractivity contribution in [3.8, 4) is 11.6 Å². The van der Waals surface area contributed by atoms with Crippen molar-refractivity contribution in [3.05, 3.63) is 52.4 Å². The van der Waals surface area contributed by atoms with Crippen molar-refractivity contribution in [2.45, 2.75) is 13.5 Å². The topological polar surface area (TPSA) is 48.1 Å². The zero-order valence-corrected chi connectivity index (χ0v) is 10.5. The number of ether oxygens (including phenoxy) is 1. The van der Waals surface area contributed by atoms with Crippen LogP contribution in [0.15, 0.2) is 30.3 Å². The number of pyridine rings is 1. The summed E-state index contributed by atoms with van der Waals surface area (Å²) < 4.78 is 18.6. The van der Waals surface area contributed by atoms with Gasteiger partial charge in [0.05, 0.1) is 5.02 Å². The maximum atomic E-state index is 13.0. The highest BCUT2D eigenvalue weighted by molar-refractivity contribution is 6.30. The summed E-state index contributed by atoms with van der Waals surface area (Å²) in [6, 6.07) is 7.85. The van der Waals surface area contributed by atoms with Crippen molar-refractivity contribution < 1.29 is 9.13 Å². The molecule has 18 heavy (non-hydrogen) atoms. The highest BCUT2D eigenvalue weighted by Gasteiger charge is 2.08. The molecule has 0 bridgehead atoms. The highest BCUT2D eigenvalue weighted by Crippen LogP contribution is 2.27. The van der Waals surface area contributed by atoms with Crippen LogP contribution in [0.25, 0.3) is 0 Å². The Morgan fingerprint density at radius 1 is 1.33 bits per heavy atom. The zero-order valence-electron chi connectivity index (χ0n) is 9.78. The molecule has 0 amide bonds. The molecule has 3 nitrogen and oxygen atoms in total. The molecule has 0 aliphatic carbocycles. The van der Waals surface area contributed by atoms with E-state index in [1.54, 1.807) is 0 Å². The number of nitrogens with zero attached hydrogens (tertiary/aromatic N) is 1. The maximum Gasteiger partial charge on any atom is 0.223 e. The summed E-state index contributed by atoms with van der Waals surface area (Å²) in [5, 5.41) is 0.00875. The minimum atomic E-state index is -0.486. The van der Waals surface area contributed by atoms with E-state index in [4.69, 9.17) is 22.1 Å². The fourth-order valence-electron chi connectivity index (χ4n) is 1.46.